The van der Waals surface area contributed by atoms with Gasteiger partial charge in [0.15, 0.2) is 11.2 Å². The van der Waals surface area contributed by atoms with Crippen molar-refractivity contribution in [1.82, 2.24) is 4.98 Å². The fourth-order valence-corrected chi connectivity index (χ4v) is 2.28. The molecule has 1 aliphatic heterocycles. The molecule has 6 heteroatoms. The standard InChI is InChI=1S/C8H8ClN3OS/c9-7-5-14-8(11-7)12-1-2-13-6(3-10)4-12/h5-6H,1-2,4H2. The molecule has 1 saturated heterocycles. The van der Waals surface area contributed by atoms with Crippen LogP contribution in [-0.4, -0.2) is 30.8 Å². The van der Waals surface area contributed by atoms with Crippen LogP contribution in [0.5, 0.6) is 0 Å². The number of ether oxygens (including phenoxy) is 1. The first-order valence-corrected chi connectivity index (χ1v) is 5.42. The molecule has 2 rings (SSSR count). The minimum atomic E-state index is -0.355. The third-order valence-corrected chi connectivity index (χ3v) is 3.17. The maximum absolute atomic E-state index is 8.72. The molecular formula is C8H8ClN3OS. The second-order valence-corrected chi connectivity index (χ2v) is 4.11. The molecule has 14 heavy (non-hydrogen) atoms. The van der Waals surface area contributed by atoms with Gasteiger partial charge in [0.05, 0.1) is 19.2 Å². The minimum Gasteiger partial charge on any atom is -0.360 e. The Balaban J connectivity index is 2.08. The molecule has 0 aromatic carbocycles. The van der Waals surface area contributed by atoms with Crippen molar-refractivity contribution in [3.63, 3.8) is 0 Å². The molecule has 1 aromatic heterocycles. The van der Waals surface area contributed by atoms with Crippen LogP contribution in [0, 0.1) is 11.3 Å². The number of morpholine rings is 1. The predicted molar refractivity (Wildman–Crippen MR) is 54.7 cm³/mol. The Morgan fingerprint density at radius 3 is 3.29 bits per heavy atom. The highest BCUT2D eigenvalue weighted by atomic mass is 35.5. The van der Waals surface area contributed by atoms with Gasteiger partial charge in [0.25, 0.3) is 0 Å². The number of thiazole rings is 1. The average Bonchev–Trinajstić information content (AvgIpc) is 2.65. The number of hydrogen-bond donors (Lipinski definition) is 0. The molecule has 1 aliphatic rings. The van der Waals surface area contributed by atoms with Gasteiger partial charge in [-0.05, 0) is 0 Å². The van der Waals surface area contributed by atoms with Crippen molar-refractivity contribution in [2.45, 2.75) is 6.10 Å². The van der Waals surface area contributed by atoms with E-state index in [1.807, 2.05) is 4.90 Å². The molecule has 1 unspecified atom stereocenters. The van der Waals surface area contributed by atoms with E-state index in [-0.39, 0.29) is 6.10 Å². The lowest BCUT2D eigenvalue weighted by molar-refractivity contribution is 0.0764. The zero-order valence-electron chi connectivity index (χ0n) is 7.31. The van der Waals surface area contributed by atoms with E-state index in [0.717, 1.165) is 11.7 Å². The lowest BCUT2D eigenvalue weighted by atomic mass is 10.3. The molecule has 1 atom stereocenters. The van der Waals surface area contributed by atoms with Crippen LogP contribution in [0.1, 0.15) is 0 Å². The largest absolute Gasteiger partial charge is 0.360 e. The molecule has 1 fully saturated rings. The summed E-state index contributed by atoms with van der Waals surface area (Å²) < 4.78 is 5.23. The second-order valence-electron chi connectivity index (χ2n) is 2.89. The van der Waals surface area contributed by atoms with E-state index >= 15 is 0 Å². The monoisotopic (exact) mass is 229 g/mol. The summed E-state index contributed by atoms with van der Waals surface area (Å²) >= 11 is 7.21. The number of halogens is 1. The molecule has 2 heterocycles. The molecule has 0 radical (unpaired) electrons. The maximum atomic E-state index is 8.72. The SMILES string of the molecule is N#CC1CN(c2nc(Cl)cs2)CCO1. The second kappa shape index (κ2) is 4.13. The van der Waals surface area contributed by atoms with Crippen LogP contribution < -0.4 is 4.90 Å². The predicted octanol–water partition coefficient (Wildman–Crippen LogP) is 1.53. The van der Waals surface area contributed by atoms with Crippen LogP contribution in [0.15, 0.2) is 5.38 Å². The van der Waals surface area contributed by atoms with Crippen molar-refractivity contribution in [3.8, 4) is 6.07 Å². The molecule has 0 saturated carbocycles. The summed E-state index contributed by atoms with van der Waals surface area (Å²) in [5.74, 6) is 0. The minimum absolute atomic E-state index is 0.355. The summed E-state index contributed by atoms with van der Waals surface area (Å²) in [4.78, 5) is 6.17. The molecule has 0 spiro atoms. The van der Waals surface area contributed by atoms with Gasteiger partial charge in [0.1, 0.15) is 5.15 Å². The van der Waals surface area contributed by atoms with Crippen LogP contribution in [-0.2, 0) is 4.74 Å². The highest BCUT2D eigenvalue weighted by Crippen LogP contribution is 2.24. The van der Waals surface area contributed by atoms with E-state index in [1.54, 1.807) is 5.38 Å². The Morgan fingerprint density at radius 2 is 2.64 bits per heavy atom. The van der Waals surface area contributed by atoms with Gasteiger partial charge >= 0.3 is 0 Å². The van der Waals surface area contributed by atoms with Crippen molar-refractivity contribution in [3.05, 3.63) is 10.5 Å². The van der Waals surface area contributed by atoms with Crippen molar-refractivity contribution in [2.24, 2.45) is 0 Å². The summed E-state index contributed by atoms with van der Waals surface area (Å²) in [6.45, 7) is 1.90. The number of rotatable bonds is 1. The van der Waals surface area contributed by atoms with Crippen molar-refractivity contribution < 1.29 is 4.74 Å². The maximum Gasteiger partial charge on any atom is 0.186 e. The summed E-state index contributed by atoms with van der Waals surface area (Å²) in [5.41, 5.74) is 0. The number of anilines is 1. The van der Waals surface area contributed by atoms with E-state index in [4.69, 9.17) is 21.6 Å². The smallest absolute Gasteiger partial charge is 0.186 e. The van der Waals surface area contributed by atoms with Crippen LogP contribution >= 0.6 is 22.9 Å². The average molecular weight is 230 g/mol. The van der Waals surface area contributed by atoms with E-state index in [2.05, 4.69) is 11.1 Å². The van der Waals surface area contributed by atoms with E-state index < -0.39 is 0 Å². The third kappa shape index (κ3) is 1.98. The molecule has 0 amide bonds. The van der Waals surface area contributed by atoms with Crippen molar-refractivity contribution in [1.29, 1.82) is 5.26 Å². The molecule has 4 nitrogen and oxygen atoms in total. The van der Waals surface area contributed by atoms with Gasteiger partial charge in [0, 0.05) is 11.9 Å². The van der Waals surface area contributed by atoms with Gasteiger partial charge in [-0.3, -0.25) is 0 Å². The quantitative estimate of drug-likeness (QED) is 0.733. The topological polar surface area (TPSA) is 49.2 Å². The Morgan fingerprint density at radius 1 is 1.79 bits per heavy atom. The summed E-state index contributed by atoms with van der Waals surface area (Å²) in [6, 6.07) is 2.09. The molecular weight excluding hydrogens is 222 g/mol. The van der Waals surface area contributed by atoms with Crippen LogP contribution in [0.3, 0.4) is 0 Å². The Kier molecular flexibility index (Phi) is 2.87. The number of aromatic nitrogens is 1. The highest BCUT2D eigenvalue weighted by Gasteiger charge is 2.21. The molecule has 74 valence electrons. The number of nitrogens with zero attached hydrogens (tertiary/aromatic N) is 3. The van der Waals surface area contributed by atoms with Gasteiger partial charge in [-0.2, -0.15) is 5.26 Å². The first kappa shape index (κ1) is 9.71. The zero-order chi connectivity index (χ0) is 9.97. The van der Waals surface area contributed by atoms with Gasteiger partial charge in [-0.25, -0.2) is 4.98 Å². The number of nitriles is 1. The Hall–Kier alpha value is -0.830. The van der Waals surface area contributed by atoms with Crippen molar-refractivity contribution >= 4 is 28.1 Å². The lowest BCUT2D eigenvalue weighted by Crippen LogP contribution is -2.41. The van der Waals surface area contributed by atoms with Crippen LogP contribution in [0.25, 0.3) is 0 Å². The first-order valence-electron chi connectivity index (χ1n) is 4.17. The fourth-order valence-electron chi connectivity index (χ4n) is 1.29. The highest BCUT2D eigenvalue weighted by molar-refractivity contribution is 7.14. The normalized spacial score (nSPS) is 22.0. The van der Waals surface area contributed by atoms with E-state index in [0.29, 0.717) is 18.3 Å². The number of hydrogen-bond acceptors (Lipinski definition) is 5. The molecule has 1 aromatic rings. The van der Waals surface area contributed by atoms with Gasteiger partial charge in [-0.1, -0.05) is 11.6 Å². The first-order chi connectivity index (χ1) is 6.79. The summed E-state index contributed by atoms with van der Waals surface area (Å²) in [5, 5.41) is 11.9. The van der Waals surface area contributed by atoms with Gasteiger partial charge < -0.3 is 9.64 Å². The zero-order valence-corrected chi connectivity index (χ0v) is 8.88. The summed E-state index contributed by atoms with van der Waals surface area (Å²) in [6.07, 6.45) is -0.355. The van der Waals surface area contributed by atoms with E-state index in [9.17, 15) is 0 Å². The van der Waals surface area contributed by atoms with Crippen molar-refractivity contribution in [2.75, 3.05) is 24.6 Å². The lowest BCUT2D eigenvalue weighted by Gasteiger charge is -2.29. The van der Waals surface area contributed by atoms with E-state index in [1.165, 1.54) is 11.3 Å². The third-order valence-electron chi connectivity index (χ3n) is 1.94. The van der Waals surface area contributed by atoms with Crippen LogP contribution in [0.4, 0.5) is 5.13 Å². The Bertz CT molecular complexity index is 362. The fraction of sp³-hybridized carbons (Fsp3) is 0.500. The van der Waals surface area contributed by atoms with Gasteiger partial charge in [-0.15, -0.1) is 11.3 Å². The molecule has 0 N–H and O–H groups in total. The van der Waals surface area contributed by atoms with Gasteiger partial charge in [0.2, 0.25) is 0 Å². The molecule has 0 bridgehead atoms. The summed E-state index contributed by atoms with van der Waals surface area (Å²) in [7, 11) is 0. The van der Waals surface area contributed by atoms with Crippen LogP contribution in [0.2, 0.25) is 5.15 Å². The Labute approximate surface area is 90.7 Å². The molecule has 0 aliphatic carbocycles.